The van der Waals surface area contributed by atoms with E-state index < -0.39 is 6.04 Å². The molecular weight excluding hydrogens is 430 g/mol. The second-order valence-corrected chi connectivity index (χ2v) is 9.05. The highest BCUT2D eigenvalue weighted by Crippen LogP contribution is 2.29. The Morgan fingerprint density at radius 2 is 1.69 bits per heavy atom. The molecule has 2 aromatic heterocycles. The molecule has 0 aliphatic carbocycles. The Labute approximate surface area is 206 Å². The number of fused-ring (bicyclic) bond motifs is 1. The van der Waals surface area contributed by atoms with Gasteiger partial charge < -0.3 is 10.3 Å². The molecule has 2 heterocycles. The van der Waals surface area contributed by atoms with Crippen molar-refractivity contribution >= 4 is 16.7 Å². The van der Waals surface area contributed by atoms with Crippen LogP contribution in [0.15, 0.2) is 97.3 Å². The Hall–Kier alpha value is -4.02. The van der Waals surface area contributed by atoms with Crippen molar-refractivity contribution in [2.75, 3.05) is 6.54 Å². The molecule has 5 aromatic rings. The van der Waals surface area contributed by atoms with E-state index in [-0.39, 0.29) is 5.78 Å². The fourth-order valence-corrected chi connectivity index (χ4v) is 4.43. The van der Waals surface area contributed by atoms with Crippen LogP contribution in [-0.4, -0.2) is 22.3 Å². The van der Waals surface area contributed by atoms with E-state index in [0.29, 0.717) is 12.1 Å². The lowest BCUT2D eigenvalue weighted by molar-refractivity contribution is 0.0945. The summed E-state index contributed by atoms with van der Waals surface area (Å²) in [7, 11) is 0. The maximum Gasteiger partial charge on any atom is 0.186 e. The van der Waals surface area contributed by atoms with Crippen molar-refractivity contribution in [2.24, 2.45) is 0 Å². The first-order valence-corrected chi connectivity index (χ1v) is 12.0. The van der Waals surface area contributed by atoms with Crippen LogP contribution < -0.4 is 5.32 Å². The van der Waals surface area contributed by atoms with Gasteiger partial charge in [0.05, 0.1) is 6.04 Å². The molecule has 0 saturated carbocycles. The first-order valence-electron chi connectivity index (χ1n) is 12.0. The molecule has 0 bridgehead atoms. The van der Waals surface area contributed by atoms with E-state index in [1.807, 2.05) is 61.8 Å². The number of hydrogen-bond acceptors (Lipinski definition) is 3. The normalized spacial score (nSPS) is 12.1. The Morgan fingerprint density at radius 1 is 0.914 bits per heavy atom. The highest BCUT2D eigenvalue weighted by Gasteiger charge is 2.24. The standard InChI is InChI=1S/C31H29N3O/c1-21-8-11-23(12-9-21)16-17-32-30(24-6-4-3-5-7-24)31(35)28-20-34-29-18-25(14-15-27(28)29)26-13-10-22(2)33-19-26/h3-15,18-20,30,32,34H,16-17H2,1-2H3/t30-/m0/s1. The van der Waals surface area contributed by atoms with Gasteiger partial charge in [0.1, 0.15) is 0 Å². The molecule has 0 unspecified atom stereocenters. The van der Waals surface area contributed by atoms with Crippen LogP contribution in [0.25, 0.3) is 22.0 Å². The lowest BCUT2D eigenvalue weighted by Crippen LogP contribution is -2.30. The molecule has 2 N–H and O–H groups in total. The molecular formula is C31H29N3O. The maximum atomic E-state index is 13.8. The van der Waals surface area contributed by atoms with Gasteiger partial charge in [-0.05, 0) is 49.1 Å². The van der Waals surface area contributed by atoms with E-state index in [1.54, 1.807) is 0 Å². The summed E-state index contributed by atoms with van der Waals surface area (Å²) < 4.78 is 0. The van der Waals surface area contributed by atoms with Gasteiger partial charge in [-0.25, -0.2) is 0 Å². The van der Waals surface area contributed by atoms with Gasteiger partial charge in [0.25, 0.3) is 0 Å². The van der Waals surface area contributed by atoms with Gasteiger partial charge in [-0.3, -0.25) is 9.78 Å². The van der Waals surface area contributed by atoms with E-state index in [0.717, 1.165) is 39.7 Å². The second-order valence-electron chi connectivity index (χ2n) is 9.05. The minimum atomic E-state index is -0.415. The summed E-state index contributed by atoms with van der Waals surface area (Å²) in [6.07, 6.45) is 4.58. The van der Waals surface area contributed by atoms with Crippen molar-refractivity contribution in [3.05, 3.63) is 125 Å². The third kappa shape index (κ3) is 5.08. The predicted octanol–water partition coefficient (Wildman–Crippen LogP) is 6.60. The number of pyridine rings is 1. The lowest BCUT2D eigenvalue weighted by atomic mass is 9.96. The second kappa shape index (κ2) is 10.1. The van der Waals surface area contributed by atoms with Gasteiger partial charge in [-0.15, -0.1) is 0 Å². The number of nitrogens with zero attached hydrogens (tertiary/aromatic N) is 1. The maximum absolute atomic E-state index is 13.8. The van der Waals surface area contributed by atoms with Crippen molar-refractivity contribution in [2.45, 2.75) is 26.3 Å². The summed E-state index contributed by atoms with van der Waals surface area (Å²) >= 11 is 0. The van der Waals surface area contributed by atoms with Crippen LogP contribution in [0.1, 0.15) is 38.8 Å². The number of aryl methyl sites for hydroxylation is 2. The summed E-state index contributed by atoms with van der Waals surface area (Å²) in [5, 5.41) is 4.45. The number of carbonyl (C=O) groups excluding carboxylic acids is 1. The molecule has 3 aromatic carbocycles. The van der Waals surface area contributed by atoms with Crippen LogP contribution in [0.2, 0.25) is 0 Å². The molecule has 0 aliphatic rings. The predicted molar refractivity (Wildman–Crippen MR) is 143 cm³/mol. The summed E-state index contributed by atoms with van der Waals surface area (Å²) in [6, 6.07) is 28.4. The lowest BCUT2D eigenvalue weighted by Gasteiger charge is -2.18. The van der Waals surface area contributed by atoms with Gasteiger partial charge in [0.15, 0.2) is 5.78 Å². The van der Waals surface area contributed by atoms with Crippen molar-refractivity contribution in [1.82, 2.24) is 15.3 Å². The quantitative estimate of drug-likeness (QED) is 0.257. The van der Waals surface area contributed by atoms with Crippen LogP contribution in [0.3, 0.4) is 0 Å². The topological polar surface area (TPSA) is 57.8 Å². The molecule has 0 spiro atoms. The number of nitrogens with one attached hydrogen (secondary N) is 2. The van der Waals surface area contributed by atoms with Gasteiger partial charge in [-0.1, -0.05) is 78.4 Å². The summed E-state index contributed by atoms with van der Waals surface area (Å²) in [5.41, 5.74) is 8.24. The molecule has 0 amide bonds. The summed E-state index contributed by atoms with van der Waals surface area (Å²) in [6.45, 7) is 4.78. The molecule has 5 rings (SSSR count). The van der Waals surface area contributed by atoms with Gasteiger partial charge in [-0.2, -0.15) is 0 Å². The number of ketones is 1. The average molecular weight is 460 g/mol. The highest BCUT2D eigenvalue weighted by molar-refractivity contribution is 6.11. The SMILES string of the molecule is Cc1ccc(CCN[C@H](C(=O)c2c[nH]c3cc(-c4ccc(C)nc4)ccc23)c2ccccc2)cc1. The van der Waals surface area contributed by atoms with E-state index in [4.69, 9.17) is 0 Å². The monoisotopic (exact) mass is 459 g/mol. The number of H-pyrrole nitrogens is 1. The van der Waals surface area contributed by atoms with Gasteiger partial charge >= 0.3 is 0 Å². The van der Waals surface area contributed by atoms with Crippen molar-refractivity contribution < 1.29 is 4.79 Å². The minimum Gasteiger partial charge on any atom is -0.360 e. The Bertz CT molecular complexity index is 1430. The fraction of sp³-hybridized carbons (Fsp3) is 0.161. The summed E-state index contributed by atoms with van der Waals surface area (Å²) in [5.74, 6) is 0.0658. The molecule has 0 radical (unpaired) electrons. The van der Waals surface area contributed by atoms with Gasteiger partial charge in [0.2, 0.25) is 0 Å². The molecule has 0 fully saturated rings. The van der Waals surface area contributed by atoms with Crippen molar-refractivity contribution in [3.63, 3.8) is 0 Å². The number of Topliss-reactive ketones (excluding diaryl/α,β-unsaturated/α-hetero) is 1. The Morgan fingerprint density at radius 3 is 2.43 bits per heavy atom. The number of aromatic amines is 1. The van der Waals surface area contributed by atoms with Crippen LogP contribution in [0.5, 0.6) is 0 Å². The van der Waals surface area contributed by atoms with Crippen molar-refractivity contribution in [3.8, 4) is 11.1 Å². The molecule has 1 atom stereocenters. The van der Waals surface area contributed by atoms with Crippen LogP contribution >= 0.6 is 0 Å². The smallest absolute Gasteiger partial charge is 0.186 e. The van der Waals surface area contributed by atoms with Crippen molar-refractivity contribution in [1.29, 1.82) is 0 Å². The number of aromatic nitrogens is 2. The largest absolute Gasteiger partial charge is 0.360 e. The number of rotatable bonds is 8. The molecule has 4 nitrogen and oxygen atoms in total. The van der Waals surface area contributed by atoms with Gasteiger partial charge in [0, 0.05) is 46.7 Å². The van der Waals surface area contributed by atoms with E-state index in [2.05, 4.69) is 64.7 Å². The third-order valence-corrected chi connectivity index (χ3v) is 6.47. The van der Waals surface area contributed by atoms with Crippen LogP contribution in [0.4, 0.5) is 0 Å². The molecule has 0 saturated heterocycles. The first-order chi connectivity index (χ1) is 17.1. The van der Waals surface area contributed by atoms with E-state index >= 15 is 0 Å². The molecule has 0 aliphatic heterocycles. The molecule has 35 heavy (non-hydrogen) atoms. The van der Waals surface area contributed by atoms with Crippen LogP contribution in [-0.2, 0) is 6.42 Å². The molecule has 4 heteroatoms. The number of carbonyl (C=O) groups is 1. The third-order valence-electron chi connectivity index (χ3n) is 6.47. The highest BCUT2D eigenvalue weighted by atomic mass is 16.1. The zero-order valence-corrected chi connectivity index (χ0v) is 20.1. The molecule has 174 valence electrons. The van der Waals surface area contributed by atoms with E-state index in [9.17, 15) is 4.79 Å². The average Bonchev–Trinajstić information content (AvgIpc) is 3.32. The fourth-order valence-electron chi connectivity index (χ4n) is 4.43. The summed E-state index contributed by atoms with van der Waals surface area (Å²) in [4.78, 5) is 21.5. The number of hydrogen-bond donors (Lipinski definition) is 2. The minimum absolute atomic E-state index is 0.0658. The Kier molecular flexibility index (Phi) is 6.55. The van der Waals surface area contributed by atoms with E-state index in [1.165, 1.54) is 11.1 Å². The Balaban J connectivity index is 1.40. The zero-order valence-electron chi connectivity index (χ0n) is 20.1. The first kappa shape index (κ1) is 22.8. The number of benzene rings is 3. The van der Waals surface area contributed by atoms with Crippen LogP contribution in [0, 0.1) is 13.8 Å². The zero-order chi connectivity index (χ0) is 24.2.